The third-order valence-corrected chi connectivity index (χ3v) is 5.01. The van der Waals surface area contributed by atoms with Crippen LogP contribution < -0.4 is 4.74 Å². The highest BCUT2D eigenvalue weighted by Crippen LogP contribution is 2.30. The molecule has 8 heteroatoms. The Hall–Kier alpha value is -2.41. The Morgan fingerprint density at radius 2 is 1.87 bits per heavy atom. The molecule has 162 valence electrons. The Morgan fingerprint density at radius 1 is 1.17 bits per heavy atom. The lowest BCUT2D eigenvalue weighted by molar-refractivity contribution is 0.0203. The van der Waals surface area contributed by atoms with Gasteiger partial charge in [-0.15, -0.1) is 0 Å². The minimum Gasteiger partial charge on any atom is -0.473 e. The van der Waals surface area contributed by atoms with E-state index >= 15 is 0 Å². The van der Waals surface area contributed by atoms with E-state index in [2.05, 4.69) is 4.98 Å². The van der Waals surface area contributed by atoms with E-state index in [1.54, 1.807) is 11.0 Å². The molecular formula is C22H25ClF2N2O3. The molecule has 0 saturated carbocycles. The second-order valence-electron chi connectivity index (χ2n) is 8.28. The average Bonchev–Trinajstić information content (AvgIpc) is 2.67. The van der Waals surface area contributed by atoms with Crippen molar-refractivity contribution in [2.75, 3.05) is 13.1 Å². The molecule has 30 heavy (non-hydrogen) atoms. The van der Waals surface area contributed by atoms with Crippen molar-refractivity contribution in [2.45, 2.75) is 51.7 Å². The van der Waals surface area contributed by atoms with Crippen LogP contribution in [0.4, 0.5) is 13.6 Å². The van der Waals surface area contributed by atoms with Crippen molar-refractivity contribution in [1.29, 1.82) is 0 Å². The van der Waals surface area contributed by atoms with Crippen LogP contribution in [0.15, 0.2) is 30.3 Å². The van der Waals surface area contributed by atoms with Crippen LogP contribution in [0.25, 0.3) is 0 Å². The maximum atomic E-state index is 14.4. The molecule has 0 N–H and O–H groups in total. The molecule has 1 aromatic heterocycles. The van der Waals surface area contributed by atoms with E-state index < -0.39 is 17.2 Å². The van der Waals surface area contributed by atoms with Gasteiger partial charge in [-0.1, -0.05) is 17.7 Å². The van der Waals surface area contributed by atoms with Gasteiger partial charge in [0.15, 0.2) is 0 Å². The smallest absolute Gasteiger partial charge is 0.410 e. The second-order valence-corrected chi connectivity index (χ2v) is 8.72. The summed E-state index contributed by atoms with van der Waals surface area (Å²) in [6.07, 6.45) is 0.771. The Kier molecular flexibility index (Phi) is 6.81. The van der Waals surface area contributed by atoms with E-state index in [9.17, 15) is 13.6 Å². The molecule has 0 aliphatic carbocycles. The Balaban J connectivity index is 1.62. The molecule has 3 rings (SSSR count). The van der Waals surface area contributed by atoms with Gasteiger partial charge in [-0.05, 0) is 51.8 Å². The number of carbonyl (C=O) groups is 1. The first-order chi connectivity index (χ1) is 14.1. The maximum Gasteiger partial charge on any atom is 0.410 e. The lowest BCUT2D eigenvalue weighted by Crippen LogP contribution is -2.41. The lowest BCUT2D eigenvalue weighted by Gasteiger charge is -2.33. The van der Waals surface area contributed by atoms with Crippen LogP contribution >= 0.6 is 11.6 Å². The number of carbonyl (C=O) groups excluding carboxylic acids is 1. The molecule has 1 amide bonds. The van der Waals surface area contributed by atoms with Crippen molar-refractivity contribution in [3.05, 3.63) is 58.2 Å². The number of piperidine rings is 1. The molecule has 1 aliphatic heterocycles. The number of hydrogen-bond donors (Lipinski definition) is 0. The number of likely N-dealkylation sites (tertiary alicyclic amines) is 1. The van der Waals surface area contributed by atoms with E-state index in [0.29, 0.717) is 42.2 Å². The molecule has 2 heterocycles. The van der Waals surface area contributed by atoms with Gasteiger partial charge in [-0.2, -0.15) is 0 Å². The first-order valence-electron chi connectivity index (χ1n) is 9.83. The summed E-state index contributed by atoms with van der Waals surface area (Å²) in [6, 6.07) is 7.04. The van der Waals surface area contributed by atoms with Crippen LogP contribution in [0.1, 0.15) is 50.8 Å². The van der Waals surface area contributed by atoms with Gasteiger partial charge in [0.2, 0.25) is 5.88 Å². The Bertz CT molecular complexity index is 910. The van der Waals surface area contributed by atoms with Crippen molar-refractivity contribution >= 4 is 17.7 Å². The molecular weight excluding hydrogens is 414 g/mol. The molecule has 0 atom stereocenters. The highest BCUT2D eigenvalue weighted by atomic mass is 35.5. The van der Waals surface area contributed by atoms with Gasteiger partial charge >= 0.3 is 6.09 Å². The molecule has 1 fully saturated rings. The van der Waals surface area contributed by atoms with Crippen molar-refractivity contribution in [3.63, 3.8) is 0 Å². The summed E-state index contributed by atoms with van der Waals surface area (Å²) < 4.78 is 39.3. The summed E-state index contributed by atoms with van der Waals surface area (Å²) in [5.74, 6) is -0.815. The van der Waals surface area contributed by atoms with Crippen molar-refractivity contribution in [1.82, 2.24) is 9.88 Å². The van der Waals surface area contributed by atoms with Crippen molar-refractivity contribution in [3.8, 4) is 5.88 Å². The van der Waals surface area contributed by atoms with Crippen LogP contribution in [0, 0.1) is 11.6 Å². The molecule has 5 nitrogen and oxygen atoms in total. The van der Waals surface area contributed by atoms with E-state index in [4.69, 9.17) is 21.1 Å². The van der Waals surface area contributed by atoms with E-state index in [1.165, 1.54) is 24.3 Å². The fraction of sp³-hybridized carbons (Fsp3) is 0.455. The molecule has 0 bridgehead atoms. The standard InChI is InChI=1S/C22H25ClF2N2O3/c1-22(2,3)30-21(28)27-10-8-14(9-11-27)20-17(24)6-7-19(26-20)29-13-15-4-5-16(23)12-18(15)25/h4-7,12,14H,8-11,13H2,1-3H3. The van der Waals surface area contributed by atoms with Gasteiger partial charge in [0.05, 0.1) is 5.69 Å². The highest BCUT2D eigenvalue weighted by Gasteiger charge is 2.29. The van der Waals surface area contributed by atoms with Gasteiger partial charge in [0.1, 0.15) is 23.8 Å². The highest BCUT2D eigenvalue weighted by molar-refractivity contribution is 6.30. The van der Waals surface area contributed by atoms with Crippen molar-refractivity contribution in [2.24, 2.45) is 0 Å². The van der Waals surface area contributed by atoms with Gasteiger partial charge in [-0.25, -0.2) is 18.6 Å². The summed E-state index contributed by atoms with van der Waals surface area (Å²) in [6.45, 7) is 6.33. The molecule has 1 saturated heterocycles. The first kappa shape index (κ1) is 22.3. The predicted molar refractivity (Wildman–Crippen MR) is 110 cm³/mol. The van der Waals surface area contributed by atoms with Crippen LogP contribution in [0.2, 0.25) is 5.02 Å². The molecule has 1 aromatic carbocycles. The number of amides is 1. The van der Waals surface area contributed by atoms with Crippen LogP contribution in [-0.4, -0.2) is 34.7 Å². The molecule has 2 aromatic rings. The van der Waals surface area contributed by atoms with Gasteiger partial charge in [0.25, 0.3) is 0 Å². The number of rotatable bonds is 4. The summed E-state index contributed by atoms with van der Waals surface area (Å²) in [4.78, 5) is 18.1. The SMILES string of the molecule is CC(C)(C)OC(=O)N1CCC(c2nc(OCc3ccc(Cl)cc3F)ccc2F)CC1. The molecule has 1 aliphatic rings. The number of aromatic nitrogens is 1. The number of benzene rings is 1. The number of nitrogens with zero attached hydrogens (tertiary/aromatic N) is 2. The minimum absolute atomic E-state index is 0.0435. The number of halogens is 3. The van der Waals surface area contributed by atoms with Crippen molar-refractivity contribution < 1.29 is 23.0 Å². The zero-order chi connectivity index (χ0) is 21.9. The summed E-state index contributed by atoms with van der Waals surface area (Å²) in [5.41, 5.74) is 0.0715. The largest absolute Gasteiger partial charge is 0.473 e. The quantitative estimate of drug-likeness (QED) is 0.613. The van der Waals surface area contributed by atoms with Crippen LogP contribution in [0.3, 0.4) is 0 Å². The summed E-state index contributed by atoms with van der Waals surface area (Å²) in [7, 11) is 0. The maximum absolute atomic E-state index is 14.4. The summed E-state index contributed by atoms with van der Waals surface area (Å²) in [5, 5.41) is 0.302. The first-order valence-corrected chi connectivity index (χ1v) is 10.2. The molecule has 0 unspecified atom stereocenters. The Morgan fingerprint density at radius 3 is 2.50 bits per heavy atom. The minimum atomic E-state index is -0.559. The normalized spacial score (nSPS) is 15.2. The average molecular weight is 439 g/mol. The van der Waals surface area contributed by atoms with Crippen LogP contribution in [0.5, 0.6) is 5.88 Å². The predicted octanol–water partition coefficient (Wildman–Crippen LogP) is 5.71. The lowest BCUT2D eigenvalue weighted by atomic mass is 9.93. The molecule has 0 radical (unpaired) electrons. The number of ether oxygens (including phenoxy) is 2. The van der Waals surface area contributed by atoms with Gasteiger partial charge in [0, 0.05) is 35.7 Å². The zero-order valence-electron chi connectivity index (χ0n) is 17.3. The topological polar surface area (TPSA) is 51.7 Å². The fourth-order valence-corrected chi connectivity index (χ4v) is 3.42. The molecule has 0 spiro atoms. The third kappa shape index (κ3) is 5.81. The number of hydrogen-bond acceptors (Lipinski definition) is 4. The second kappa shape index (κ2) is 9.16. The van der Waals surface area contributed by atoms with Crippen LogP contribution in [-0.2, 0) is 11.3 Å². The fourth-order valence-electron chi connectivity index (χ4n) is 3.26. The Labute approximate surface area is 179 Å². The summed E-state index contributed by atoms with van der Waals surface area (Å²) >= 11 is 5.75. The van der Waals surface area contributed by atoms with E-state index in [0.717, 1.165) is 0 Å². The monoisotopic (exact) mass is 438 g/mol. The van der Waals surface area contributed by atoms with Gasteiger partial charge in [-0.3, -0.25) is 0 Å². The number of pyridine rings is 1. The third-order valence-electron chi connectivity index (χ3n) is 4.77. The van der Waals surface area contributed by atoms with Gasteiger partial charge < -0.3 is 14.4 Å². The zero-order valence-corrected chi connectivity index (χ0v) is 18.0. The van der Waals surface area contributed by atoms with E-state index in [-0.39, 0.29) is 24.5 Å². The van der Waals surface area contributed by atoms with E-state index in [1.807, 2.05) is 20.8 Å².